The van der Waals surface area contributed by atoms with Crippen LogP contribution >= 0.6 is 0 Å². The van der Waals surface area contributed by atoms with Crippen molar-refractivity contribution in [1.29, 1.82) is 0 Å². The molecular weight excluding hydrogens is 362 g/mol. The molecular formula is C24H29N3O2. The van der Waals surface area contributed by atoms with Crippen molar-refractivity contribution in [3.8, 4) is 5.75 Å². The van der Waals surface area contributed by atoms with Gasteiger partial charge in [-0.05, 0) is 55.3 Å². The van der Waals surface area contributed by atoms with E-state index in [1.807, 2.05) is 42.5 Å². The molecule has 0 radical (unpaired) electrons. The first-order valence-corrected chi connectivity index (χ1v) is 10.4. The highest BCUT2D eigenvalue weighted by molar-refractivity contribution is 5.80. The number of rotatable bonds is 10. The maximum Gasteiger partial charge on any atom is 0.282 e. The van der Waals surface area contributed by atoms with Crippen molar-refractivity contribution in [3.05, 3.63) is 70.3 Å². The van der Waals surface area contributed by atoms with Crippen LogP contribution in [0.3, 0.4) is 0 Å². The van der Waals surface area contributed by atoms with Crippen LogP contribution in [0.5, 0.6) is 5.75 Å². The predicted octanol–water partition coefficient (Wildman–Crippen LogP) is 5.33. The number of nitrogens with zero attached hydrogens (tertiary/aromatic N) is 3. The van der Waals surface area contributed by atoms with Gasteiger partial charge in [0.05, 0.1) is 23.7 Å². The number of aryl methyl sites for hydroxylation is 1. The van der Waals surface area contributed by atoms with E-state index in [0.717, 1.165) is 24.3 Å². The first-order chi connectivity index (χ1) is 14.2. The van der Waals surface area contributed by atoms with Crippen LogP contribution < -0.4 is 10.3 Å². The van der Waals surface area contributed by atoms with Gasteiger partial charge >= 0.3 is 0 Å². The van der Waals surface area contributed by atoms with E-state index < -0.39 is 0 Å². The number of hydrogen-bond donors (Lipinski definition) is 0. The molecule has 0 fully saturated rings. The van der Waals surface area contributed by atoms with Crippen molar-refractivity contribution in [2.45, 2.75) is 52.4 Å². The van der Waals surface area contributed by atoms with Crippen LogP contribution in [0.2, 0.25) is 0 Å². The van der Waals surface area contributed by atoms with Crippen molar-refractivity contribution in [3.63, 3.8) is 0 Å². The average Bonchev–Trinajstić information content (AvgIpc) is 2.74. The van der Waals surface area contributed by atoms with E-state index in [1.165, 1.54) is 36.8 Å². The summed E-state index contributed by atoms with van der Waals surface area (Å²) in [5, 5.41) is 4.91. The van der Waals surface area contributed by atoms with E-state index in [4.69, 9.17) is 4.74 Å². The van der Waals surface area contributed by atoms with Gasteiger partial charge in [0.1, 0.15) is 11.6 Å². The Balaban J connectivity index is 1.58. The lowest BCUT2D eigenvalue weighted by molar-refractivity contribution is 0.304. The normalized spacial score (nSPS) is 11.4. The van der Waals surface area contributed by atoms with Gasteiger partial charge in [0.15, 0.2) is 0 Å². The summed E-state index contributed by atoms with van der Waals surface area (Å²) in [5.41, 5.74) is 1.42. The minimum absolute atomic E-state index is 0.164. The molecule has 0 aliphatic rings. The quantitative estimate of drug-likeness (QED) is 0.347. The molecule has 0 atom stereocenters. The smallest absolute Gasteiger partial charge is 0.282 e. The van der Waals surface area contributed by atoms with Crippen molar-refractivity contribution in [1.82, 2.24) is 9.66 Å². The molecule has 0 unspecified atom stereocenters. The molecule has 0 saturated heterocycles. The van der Waals surface area contributed by atoms with Gasteiger partial charge in [-0.15, -0.1) is 0 Å². The standard InChI is InChI=1S/C24H29N3O2/c1-3-4-5-6-7-10-17-29-21-15-13-20(14-16-21)18-25-27-19(2)26-23-12-9-8-11-22(23)24(27)28/h8-9,11-16,18H,3-7,10,17H2,1-2H3/b25-18+. The first-order valence-electron chi connectivity index (χ1n) is 10.4. The maximum atomic E-state index is 12.6. The number of hydrogen-bond acceptors (Lipinski definition) is 4. The van der Waals surface area contributed by atoms with Crippen LogP contribution in [0.25, 0.3) is 10.9 Å². The fraction of sp³-hybridized carbons (Fsp3) is 0.375. The van der Waals surface area contributed by atoms with Gasteiger partial charge in [0.25, 0.3) is 5.56 Å². The molecule has 3 aromatic rings. The van der Waals surface area contributed by atoms with E-state index in [1.54, 1.807) is 19.2 Å². The lowest BCUT2D eigenvalue weighted by Crippen LogP contribution is -2.20. The molecule has 0 saturated carbocycles. The second kappa shape index (κ2) is 10.6. The average molecular weight is 392 g/mol. The molecule has 29 heavy (non-hydrogen) atoms. The zero-order valence-corrected chi connectivity index (χ0v) is 17.3. The molecule has 0 spiro atoms. The van der Waals surface area contributed by atoms with Crippen LogP contribution in [-0.2, 0) is 0 Å². The largest absolute Gasteiger partial charge is 0.494 e. The fourth-order valence-corrected chi connectivity index (χ4v) is 3.22. The fourth-order valence-electron chi connectivity index (χ4n) is 3.22. The van der Waals surface area contributed by atoms with E-state index >= 15 is 0 Å². The van der Waals surface area contributed by atoms with E-state index in [9.17, 15) is 4.79 Å². The minimum atomic E-state index is -0.164. The third-order valence-electron chi connectivity index (χ3n) is 4.88. The van der Waals surface area contributed by atoms with Crippen molar-refractivity contribution < 1.29 is 4.74 Å². The summed E-state index contributed by atoms with van der Waals surface area (Å²) < 4.78 is 7.15. The Morgan fingerprint density at radius 3 is 2.52 bits per heavy atom. The summed E-state index contributed by atoms with van der Waals surface area (Å²) in [6, 6.07) is 15.1. The highest BCUT2D eigenvalue weighted by atomic mass is 16.5. The maximum absolute atomic E-state index is 12.6. The second-order valence-corrected chi connectivity index (χ2v) is 7.22. The first kappa shape index (κ1) is 20.8. The van der Waals surface area contributed by atoms with Crippen LogP contribution in [0.4, 0.5) is 0 Å². The third-order valence-corrected chi connectivity index (χ3v) is 4.88. The molecule has 1 aromatic heterocycles. The highest BCUT2D eigenvalue weighted by Crippen LogP contribution is 2.13. The van der Waals surface area contributed by atoms with Crippen LogP contribution in [0.15, 0.2) is 58.4 Å². The Hall–Kier alpha value is -2.95. The number of aromatic nitrogens is 2. The summed E-state index contributed by atoms with van der Waals surface area (Å²) >= 11 is 0. The molecule has 0 N–H and O–H groups in total. The predicted molar refractivity (Wildman–Crippen MR) is 119 cm³/mol. The molecule has 0 amide bonds. The Morgan fingerprint density at radius 2 is 1.72 bits per heavy atom. The molecule has 0 aliphatic heterocycles. The summed E-state index contributed by atoms with van der Waals surface area (Å²) in [5.74, 6) is 1.42. The molecule has 0 aliphatic carbocycles. The van der Waals surface area contributed by atoms with Crippen molar-refractivity contribution in [2.24, 2.45) is 5.10 Å². The molecule has 5 nitrogen and oxygen atoms in total. The number of unbranched alkanes of at least 4 members (excludes halogenated alkanes) is 5. The molecule has 0 bridgehead atoms. The summed E-state index contributed by atoms with van der Waals surface area (Å²) in [6.45, 7) is 4.76. The Labute approximate surface area is 172 Å². The summed E-state index contributed by atoms with van der Waals surface area (Å²) in [6.07, 6.45) is 9.18. The monoisotopic (exact) mass is 391 g/mol. The Kier molecular flexibility index (Phi) is 7.56. The van der Waals surface area contributed by atoms with Crippen LogP contribution in [-0.4, -0.2) is 22.5 Å². The van der Waals surface area contributed by atoms with Gasteiger partial charge in [0.2, 0.25) is 0 Å². The van der Waals surface area contributed by atoms with Gasteiger partial charge in [-0.3, -0.25) is 4.79 Å². The minimum Gasteiger partial charge on any atom is -0.494 e. The topological polar surface area (TPSA) is 56.5 Å². The van der Waals surface area contributed by atoms with Gasteiger partial charge < -0.3 is 4.74 Å². The van der Waals surface area contributed by atoms with Gasteiger partial charge in [-0.1, -0.05) is 51.2 Å². The zero-order valence-electron chi connectivity index (χ0n) is 17.3. The van der Waals surface area contributed by atoms with Gasteiger partial charge in [-0.25, -0.2) is 4.98 Å². The summed E-state index contributed by atoms with van der Waals surface area (Å²) in [7, 11) is 0. The van der Waals surface area contributed by atoms with Crippen molar-refractivity contribution in [2.75, 3.05) is 6.61 Å². The SMILES string of the molecule is CCCCCCCCOc1ccc(/C=N/n2c(C)nc3ccccc3c2=O)cc1. The van der Waals surface area contributed by atoms with Crippen molar-refractivity contribution >= 4 is 17.1 Å². The molecule has 3 rings (SSSR count). The Bertz CT molecular complexity index is 1010. The van der Waals surface area contributed by atoms with Gasteiger partial charge in [0, 0.05) is 0 Å². The lowest BCUT2D eigenvalue weighted by Gasteiger charge is -2.07. The molecule has 5 heteroatoms. The molecule has 152 valence electrons. The van der Waals surface area contributed by atoms with Gasteiger partial charge in [-0.2, -0.15) is 9.78 Å². The number of ether oxygens (including phenoxy) is 1. The summed E-state index contributed by atoms with van der Waals surface area (Å²) in [4.78, 5) is 17.1. The number of fused-ring (bicyclic) bond motifs is 1. The number of benzene rings is 2. The van der Waals surface area contributed by atoms with E-state index in [2.05, 4.69) is 17.0 Å². The van der Waals surface area contributed by atoms with Crippen LogP contribution in [0, 0.1) is 6.92 Å². The molecule has 1 heterocycles. The lowest BCUT2D eigenvalue weighted by atomic mass is 10.1. The van der Waals surface area contributed by atoms with Crippen LogP contribution in [0.1, 0.15) is 56.8 Å². The second-order valence-electron chi connectivity index (χ2n) is 7.22. The zero-order chi connectivity index (χ0) is 20.5. The Morgan fingerprint density at radius 1 is 1.00 bits per heavy atom. The van der Waals surface area contributed by atoms with E-state index in [-0.39, 0.29) is 5.56 Å². The highest BCUT2D eigenvalue weighted by Gasteiger charge is 2.06. The number of para-hydroxylation sites is 1. The third kappa shape index (κ3) is 5.76. The molecule has 2 aromatic carbocycles. The van der Waals surface area contributed by atoms with E-state index in [0.29, 0.717) is 16.7 Å².